The molecule has 0 aliphatic heterocycles. The molecule has 0 spiro atoms. The SMILES string of the molecule is C=C/C=C\C=C(/N)C(=O)\C(=C/C(/C=C(/C)N)=C/C=C)C(=O)O. The Morgan fingerprint density at radius 3 is 2.09 bits per heavy atom. The number of Topliss-reactive ketones (excluding diaryl/α,β-unsaturated/α-hetero) is 1. The van der Waals surface area contributed by atoms with Gasteiger partial charge in [-0.15, -0.1) is 0 Å². The van der Waals surface area contributed by atoms with Crippen LogP contribution in [0.2, 0.25) is 0 Å². The first-order valence-electron chi connectivity index (χ1n) is 6.34. The summed E-state index contributed by atoms with van der Waals surface area (Å²) in [6, 6.07) is 0. The first kappa shape index (κ1) is 18.9. The summed E-state index contributed by atoms with van der Waals surface area (Å²) in [6.07, 6.45) is 11.6. The van der Waals surface area contributed by atoms with Crippen LogP contribution in [-0.4, -0.2) is 16.9 Å². The topological polar surface area (TPSA) is 106 Å². The Bertz CT molecular complexity index is 614. The van der Waals surface area contributed by atoms with Crippen LogP contribution in [-0.2, 0) is 9.59 Å². The Labute approximate surface area is 130 Å². The number of carboxylic acid groups (broad SMARTS) is 1. The molecule has 0 aromatic rings. The lowest BCUT2D eigenvalue weighted by Gasteiger charge is -2.03. The van der Waals surface area contributed by atoms with Crippen LogP contribution >= 0.6 is 0 Å². The molecule has 0 fully saturated rings. The van der Waals surface area contributed by atoms with Crippen LogP contribution in [0, 0.1) is 0 Å². The first-order valence-corrected chi connectivity index (χ1v) is 6.34. The van der Waals surface area contributed by atoms with E-state index in [-0.39, 0.29) is 5.70 Å². The van der Waals surface area contributed by atoms with Gasteiger partial charge in [-0.3, -0.25) is 4.79 Å². The lowest BCUT2D eigenvalue weighted by atomic mass is 10.0. The average molecular weight is 300 g/mol. The Hall–Kier alpha value is -3.08. The molecule has 0 bridgehead atoms. The van der Waals surface area contributed by atoms with Crippen molar-refractivity contribution in [2.24, 2.45) is 11.5 Å². The van der Waals surface area contributed by atoms with E-state index in [4.69, 9.17) is 11.5 Å². The van der Waals surface area contributed by atoms with Gasteiger partial charge in [0.25, 0.3) is 0 Å². The fraction of sp³-hybridized carbons (Fsp3) is 0.0588. The van der Waals surface area contributed by atoms with Gasteiger partial charge in [-0.2, -0.15) is 0 Å². The van der Waals surface area contributed by atoms with E-state index in [1.165, 1.54) is 42.5 Å². The van der Waals surface area contributed by atoms with Gasteiger partial charge in [-0.25, -0.2) is 4.79 Å². The lowest BCUT2D eigenvalue weighted by Crippen LogP contribution is -2.19. The maximum absolute atomic E-state index is 12.1. The molecule has 0 atom stereocenters. The minimum absolute atomic E-state index is 0.196. The summed E-state index contributed by atoms with van der Waals surface area (Å²) in [6.45, 7) is 8.64. The third kappa shape index (κ3) is 6.91. The van der Waals surface area contributed by atoms with Crippen molar-refractivity contribution in [3.8, 4) is 0 Å². The molecule has 5 N–H and O–H groups in total. The summed E-state index contributed by atoms with van der Waals surface area (Å²) in [5.41, 5.74) is 11.4. The summed E-state index contributed by atoms with van der Waals surface area (Å²) in [5, 5.41) is 9.20. The molecule has 0 aliphatic rings. The molecular weight excluding hydrogens is 280 g/mol. The zero-order valence-corrected chi connectivity index (χ0v) is 12.5. The Balaban J connectivity index is 5.77. The molecule has 0 amide bonds. The third-order valence-corrected chi connectivity index (χ3v) is 2.28. The predicted octanol–water partition coefficient (Wildman–Crippen LogP) is 2.13. The molecule has 0 radical (unpaired) electrons. The van der Waals surface area contributed by atoms with Crippen LogP contribution in [0.15, 0.2) is 84.3 Å². The van der Waals surface area contributed by atoms with Crippen molar-refractivity contribution in [2.75, 3.05) is 0 Å². The minimum Gasteiger partial charge on any atom is -0.478 e. The number of nitrogens with two attached hydrogens (primary N) is 2. The van der Waals surface area contributed by atoms with Gasteiger partial charge in [0, 0.05) is 5.70 Å². The Morgan fingerprint density at radius 2 is 1.64 bits per heavy atom. The quantitative estimate of drug-likeness (QED) is 0.275. The maximum Gasteiger partial charge on any atom is 0.339 e. The third-order valence-electron chi connectivity index (χ3n) is 2.28. The standard InChI is InChI=1S/C17H20N2O3/c1-4-6-7-9-15(19)16(20)14(17(21)22)11-13(8-5-2)10-12(3)18/h4-11H,1-2,18-19H2,3H3,(H,21,22)/b7-6-,12-10-,13-8+,14-11+,15-9-. The van der Waals surface area contributed by atoms with E-state index in [1.807, 2.05) is 0 Å². The largest absolute Gasteiger partial charge is 0.478 e. The molecule has 22 heavy (non-hydrogen) atoms. The van der Waals surface area contributed by atoms with Crippen LogP contribution in [0.5, 0.6) is 0 Å². The van der Waals surface area contributed by atoms with Crippen molar-refractivity contribution in [3.05, 3.63) is 84.3 Å². The normalized spacial score (nSPS) is 14.0. The van der Waals surface area contributed by atoms with E-state index in [2.05, 4.69) is 13.2 Å². The second-order valence-electron chi connectivity index (χ2n) is 4.23. The van der Waals surface area contributed by atoms with Crippen molar-refractivity contribution in [1.82, 2.24) is 0 Å². The van der Waals surface area contributed by atoms with Crippen LogP contribution in [0.4, 0.5) is 0 Å². The highest BCUT2D eigenvalue weighted by Gasteiger charge is 2.19. The molecule has 0 rings (SSSR count). The van der Waals surface area contributed by atoms with E-state index >= 15 is 0 Å². The lowest BCUT2D eigenvalue weighted by molar-refractivity contribution is -0.134. The van der Waals surface area contributed by atoms with Crippen LogP contribution < -0.4 is 11.5 Å². The highest BCUT2D eigenvalue weighted by Crippen LogP contribution is 2.10. The number of allylic oxidation sites excluding steroid dienone is 11. The van der Waals surface area contributed by atoms with Crippen molar-refractivity contribution >= 4 is 11.8 Å². The maximum atomic E-state index is 12.1. The van der Waals surface area contributed by atoms with E-state index in [0.717, 1.165) is 0 Å². The number of hydrogen-bond acceptors (Lipinski definition) is 4. The Morgan fingerprint density at radius 1 is 1.00 bits per heavy atom. The van der Waals surface area contributed by atoms with Gasteiger partial charge in [0.1, 0.15) is 5.57 Å². The second kappa shape index (κ2) is 9.77. The van der Waals surface area contributed by atoms with Gasteiger partial charge in [-0.05, 0) is 30.7 Å². The number of carbonyl (C=O) groups is 2. The number of carboxylic acids is 1. The summed E-state index contributed by atoms with van der Waals surface area (Å²) >= 11 is 0. The molecule has 5 heteroatoms. The molecule has 116 valence electrons. The number of carbonyl (C=O) groups excluding carboxylic acids is 1. The van der Waals surface area contributed by atoms with E-state index < -0.39 is 17.3 Å². The average Bonchev–Trinajstić information content (AvgIpc) is 2.43. The minimum atomic E-state index is -1.38. The van der Waals surface area contributed by atoms with Gasteiger partial charge in [0.15, 0.2) is 0 Å². The highest BCUT2D eigenvalue weighted by atomic mass is 16.4. The molecule has 5 nitrogen and oxygen atoms in total. The van der Waals surface area contributed by atoms with Gasteiger partial charge in [0.05, 0.1) is 5.70 Å². The van der Waals surface area contributed by atoms with Crippen molar-refractivity contribution in [2.45, 2.75) is 6.92 Å². The summed E-state index contributed by atoms with van der Waals surface area (Å²) in [4.78, 5) is 23.4. The van der Waals surface area contributed by atoms with Crippen LogP contribution in [0.25, 0.3) is 0 Å². The van der Waals surface area contributed by atoms with Crippen molar-refractivity contribution in [3.63, 3.8) is 0 Å². The smallest absolute Gasteiger partial charge is 0.339 e. The number of hydrogen-bond donors (Lipinski definition) is 3. The molecule has 0 aromatic carbocycles. The highest BCUT2D eigenvalue weighted by molar-refractivity contribution is 6.23. The summed E-state index contributed by atoms with van der Waals surface area (Å²) in [5.74, 6) is -2.17. The molecular formula is C17H20N2O3. The Kier molecular flexibility index (Phi) is 8.40. The fourth-order valence-electron chi connectivity index (χ4n) is 1.40. The first-order chi connectivity index (χ1) is 10.3. The van der Waals surface area contributed by atoms with Gasteiger partial charge >= 0.3 is 5.97 Å². The summed E-state index contributed by atoms with van der Waals surface area (Å²) in [7, 11) is 0. The fourth-order valence-corrected chi connectivity index (χ4v) is 1.40. The molecule has 0 aliphatic carbocycles. The van der Waals surface area contributed by atoms with Crippen molar-refractivity contribution in [1.29, 1.82) is 0 Å². The predicted molar refractivity (Wildman–Crippen MR) is 88.6 cm³/mol. The number of rotatable bonds is 8. The molecule has 0 saturated heterocycles. The van der Waals surface area contributed by atoms with Gasteiger partial charge in [0.2, 0.25) is 5.78 Å². The second-order valence-corrected chi connectivity index (χ2v) is 4.23. The zero-order valence-electron chi connectivity index (χ0n) is 12.5. The number of aliphatic carboxylic acids is 1. The van der Waals surface area contributed by atoms with E-state index in [0.29, 0.717) is 11.3 Å². The molecule has 0 aromatic heterocycles. The van der Waals surface area contributed by atoms with Crippen molar-refractivity contribution < 1.29 is 14.7 Å². The van der Waals surface area contributed by atoms with E-state index in [1.54, 1.807) is 13.0 Å². The number of ketones is 1. The van der Waals surface area contributed by atoms with Gasteiger partial charge in [-0.1, -0.05) is 43.5 Å². The van der Waals surface area contributed by atoms with Gasteiger partial charge < -0.3 is 16.6 Å². The summed E-state index contributed by atoms with van der Waals surface area (Å²) < 4.78 is 0. The molecule has 0 saturated carbocycles. The molecule has 0 heterocycles. The van der Waals surface area contributed by atoms with Crippen LogP contribution in [0.1, 0.15) is 6.92 Å². The van der Waals surface area contributed by atoms with Crippen LogP contribution in [0.3, 0.4) is 0 Å². The zero-order chi connectivity index (χ0) is 17.1. The molecule has 0 unspecified atom stereocenters. The monoisotopic (exact) mass is 300 g/mol. The van der Waals surface area contributed by atoms with E-state index in [9.17, 15) is 14.7 Å².